The van der Waals surface area contributed by atoms with Crippen molar-refractivity contribution >= 4 is 30.8 Å². The van der Waals surface area contributed by atoms with E-state index in [9.17, 15) is 9.59 Å². The maximum atomic E-state index is 13.8. The number of allylic oxidation sites excluding steroid dienone is 2. The van der Waals surface area contributed by atoms with Crippen LogP contribution >= 0.6 is 0 Å². The number of para-hydroxylation sites is 1. The molecule has 0 amide bonds. The molecule has 0 fully saturated rings. The van der Waals surface area contributed by atoms with Crippen molar-refractivity contribution in [1.82, 2.24) is 4.98 Å². The molecule has 2 aliphatic carbocycles. The van der Waals surface area contributed by atoms with Gasteiger partial charge in [0, 0.05) is 52.4 Å². The Hall–Kier alpha value is -2.92. The molecule has 0 saturated carbocycles. The maximum Gasteiger partial charge on any atom is 0.250 e. The summed E-state index contributed by atoms with van der Waals surface area (Å²) in [4.78, 5) is 30.8. The van der Waals surface area contributed by atoms with E-state index < -0.39 is 20.2 Å². The molecule has 0 bridgehead atoms. The van der Waals surface area contributed by atoms with Crippen LogP contribution in [0.5, 0.6) is 0 Å². The van der Waals surface area contributed by atoms with Gasteiger partial charge in [0.05, 0.1) is 5.76 Å². The zero-order valence-electron chi connectivity index (χ0n) is 19.9. The quantitative estimate of drug-likeness (QED) is 0.436. The molecule has 1 heterocycles. The average molecular weight is 458 g/mol. The highest BCUT2D eigenvalue weighted by Crippen LogP contribution is 2.49. The Labute approximate surface area is 196 Å². The van der Waals surface area contributed by atoms with E-state index in [1.165, 1.54) is 0 Å². The zero-order valence-corrected chi connectivity index (χ0v) is 20.9. The van der Waals surface area contributed by atoms with Gasteiger partial charge in [-0.2, -0.15) is 0 Å². The van der Waals surface area contributed by atoms with Gasteiger partial charge >= 0.3 is 0 Å². The lowest BCUT2D eigenvalue weighted by molar-refractivity contribution is 0.0690. The Kier molecular flexibility index (Phi) is 5.01. The number of aromatic amines is 1. The maximum absolute atomic E-state index is 13.8. The number of benzene rings is 2. The van der Waals surface area contributed by atoms with Crippen molar-refractivity contribution in [2.24, 2.45) is 11.8 Å². The number of ketones is 2. The largest absolute Gasteiger partial charge is 0.547 e. The third kappa shape index (κ3) is 3.50. The predicted molar refractivity (Wildman–Crippen MR) is 134 cm³/mol. The van der Waals surface area contributed by atoms with E-state index in [1.54, 1.807) is 12.1 Å². The minimum absolute atomic E-state index is 0.0416. The lowest BCUT2D eigenvalue weighted by Gasteiger charge is -2.43. The highest BCUT2D eigenvalue weighted by Gasteiger charge is 2.49. The Balaban J connectivity index is 1.66. The van der Waals surface area contributed by atoms with Crippen LogP contribution in [0, 0.1) is 11.8 Å². The summed E-state index contributed by atoms with van der Waals surface area (Å²) in [5.41, 5.74) is 3.19. The Morgan fingerprint density at radius 1 is 0.939 bits per heavy atom. The standard InChI is InChI=1S/C28H31NO3Si/c1-28(2,3)33(4,5)32-17-14-21(23-16-29-24-13-9-8-10-18(23)24)25-22(15-17)26(30)19-11-6-7-12-20(19)27(25)31/h6-14,16,21-22,25,29H,15H2,1-5H3/t21-,22-,25+/m1/s1. The fourth-order valence-corrected chi connectivity index (χ4v) is 6.18. The zero-order chi connectivity index (χ0) is 23.5. The highest BCUT2D eigenvalue weighted by atomic mass is 28.4. The summed E-state index contributed by atoms with van der Waals surface area (Å²) < 4.78 is 6.73. The number of hydrogen-bond acceptors (Lipinski definition) is 3. The number of fused-ring (bicyclic) bond motifs is 3. The third-order valence-electron chi connectivity index (χ3n) is 7.88. The molecule has 0 saturated heterocycles. The molecule has 0 radical (unpaired) electrons. The first-order valence-electron chi connectivity index (χ1n) is 11.7. The Morgan fingerprint density at radius 2 is 1.58 bits per heavy atom. The van der Waals surface area contributed by atoms with Gasteiger partial charge in [0.15, 0.2) is 11.6 Å². The van der Waals surface area contributed by atoms with Gasteiger partial charge in [-0.05, 0) is 35.8 Å². The Morgan fingerprint density at radius 3 is 2.27 bits per heavy atom. The van der Waals surface area contributed by atoms with E-state index in [-0.39, 0.29) is 22.5 Å². The van der Waals surface area contributed by atoms with E-state index in [0.717, 1.165) is 22.2 Å². The molecular formula is C28H31NO3Si. The monoisotopic (exact) mass is 457 g/mol. The van der Waals surface area contributed by atoms with Gasteiger partial charge in [-0.3, -0.25) is 9.59 Å². The molecular weight excluding hydrogens is 426 g/mol. The minimum atomic E-state index is -2.10. The molecule has 5 heteroatoms. The van der Waals surface area contributed by atoms with E-state index >= 15 is 0 Å². The summed E-state index contributed by atoms with van der Waals surface area (Å²) in [6.45, 7) is 11.1. The number of rotatable bonds is 3. The molecule has 1 N–H and O–H groups in total. The number of Topliss-reactive ketones (excluding diaryl/α,β-unsaturated/α-hetero) is 2. The predicted octanol–water partition coefficient (Wildman–Crippen LogP) is 6.87. The fourth-order valence-electron chi connectivity index (χ4n) is 5.07. The molecule has 3 atom stereocenters. The van der Waals surface area contributed by atoms with Crippen LogP contribution < -0.4 is 0 Å². The summed E-state index contributed by atoms with van der Waals surface area (Å²) in [5.74, 6) is -0.0603. The number of carbonyl (C=O) groups is 2. The number of hydrogen-bond donors (Lipinski definition) is 1. The van der Waals surface area contributed by atoms with Gasteiger partial charge in [-0.25, -0.2) is 0 Å². The molecule has 1 aromatic heterocycles. The van der Waals surface area contributed by atoms with Gasteiger partial charge in [0.1, 0.15) is 0 Å². The van der Waals surface area contributed by atoms with Crippen molar-refractivity contribution in [3.63, 3.8) is 0 Å². The summed E-state index contributed by atoms with van der Waals surface area (Å²) in [6, 6.07) is 15.4. The van der Waals surface area contributed by atoms with Gasteiger partial charge < -0.3 is 9.41 Å². The highest BCUT2D eigenvalue weighted by molar-refractivity contribution is 6.74. The van der Waals surface area contributed by atoms with Crippen LogP contribution in [-0.4, -0.2) is 24.9 Å². The van der Waals surface area contributed by atoms with Crippen LogP contribution in [0.25, 0.3) is 10.9 Å². The van der Waals surface area contributed by atoms with Crippen LogP contribution in [0.15, 0.2) is 66.6 Å². The molecule has 0 aliphatic heterocycles. The molecule has 33 heavy (non-hydrogen) atoms. The number of carbonyl (C=O) groups excluding carboxylic acids is 2. The molecule has 2 aliphatic rings. The smallest absolute Gasteiger partial charge is 0.250 e. The second-order valence-electron chi connectivity index (χ2n) is 10.9. The molecule has 4 nitrogen and oxygen atoms in total. The molecule has 3 aromatic rings. The van der Waals surface area contributed by atoms with Crippen LogP contribution in [0.4, 0.5) is 0 Å². The summed E-state index contributed by atoms with van der Waals surface area (Å²) >= 11 is 0. The summed E-state index contributed by atoms with van der Waals surface area (Å²) in [5, 5.41) is 1.13. The van der Waals surface area contributed by atoms with Gasteiger partial charge in [0.2, 0.25) is 8.32 Å². The van der Waals surface area contributed by atoms with E-state index in [1.807, 2.05) is 36.5 Å². The second-order valence-corrected chi connectivity index (χ2v) is 15.6. The Bertz CT molecular complexity index is 1290. The third-order valence-corrected chi connectivity index (χ3v) is 12.3. The van der Waals surface area contributed by atoms with Crippen LogP contribution in [0.2, 0.25) is 18.1 Å². The van der Waals surface area contributed by atoms with Crippen LogP contribution in [0.1, 0.15) is 59.4 Å². The molecule has 170 valence electrons. The normalized spacial score (nSPS) is 23.2. The first kappa shape index (κ1) is 21.9. The molecule has 0 unspecified atom stereocenters. The van der Waals surface area contributed by atoms with Gasteiger partial charge in [0.25, 0.3) is 0 Å². The SMILES string of the molecule is CC(C)(C)[Si](C)(C)OC1=C[C@H](c2c[nH]c3ccccc23)[C@@H]2C(=O)c3ccccc3C(=O)[C@@H]2C1. The van der Waals surface area contributed by atoms with Crippen molar-refractivity contribution in [3.8, 4) is 0 Å². The lowest BCUT2D eigenvalue weighted by Crippen LogP contribution is -2.45. The van der Waals surface area contributed by atoms with Crippen molar-refractivity contribution in [2.45, 2.75) is 51.2 Å². The first-order chi connectivity index (χ1) is 15.6. The van der Waals surface area contributed by atoms with Crippen molar-refractivity contribution in [3.05, 3.63) is 83.3 Å². The fraction of sp³-hybridized carbons (Fsp3) is 0.357. The van der Waals surface area contributed by atoms with E-state index in [0.29, 0.717) is 17.5 Å². The van der Waals surface area contributed by atoms with Crippen LogP contribution in [-0.2, 0) is 4.43 Å². The molecule has 0 spiro atoms. The second kappa shape index (κ2) is 7.56. The van der Waals surface area contributed by atoms with E-state index in [4.69, 9.17) is 4.43 Å². The number of nitrogens with one attached hydrogen (secondary N) is 1. The van der Waals surface area contributed by atoms with Crippen molar-refractivity contribution < 1.29 is 14.0 Å². The molecule has 2 aromatic carbocycles. The van der Waals surface area contributed by atoms with Crippen LogP contribution in [0.3, 0.4) is 0 Å². The van der Waals surface area contributed by atoms with Crippen molar-refractivity contribution in [1.29, 1.82) is 0 Å². The number of H-pyrrole nitrogens is 1. The topological polar surface area (TPSA) is 59.2 Å². The summed E-state index contributed by atoms with van der Waals surface area (Å²) in [6.07, 6.45) is 4.61. The minimum Gasteiger partial charge on any atom is -0.547 e. The number of aromatic nitrogens is 1. The average Bonchev–Trinajstić information content (AvgIpc) is 3.20. The lowest BCUT2D eigenvalue weighted by atomic mass is 9.63. The summed E-state index contributed by atoms with van der Waals surface area (Å²) in [7, 11) is -2.10. The first-order valence-corrected chi connectivity index (χ1v) is 14.6. The molecule has 5 rings (SSSR count). The van der Waals surface area contributed by atoms with Gasteiger partial charge in [-0.1, -0.05) is 63.2 Å². The van der Waals surface area contributed by atoms with E-state index in [2.05, 4.69) is 51.0 Å². The van der Waals surface area contributed by atoms with Crippen molar-refractivity contribution in [2.75, 3.05) is 0 Å². The van der Waals surface area contributed by atoms with Gasteiger partial charge in [-0.15, -0.1) is 0 Å².